The summed E-state index contributed by atoms with van der Waals surface area (Å²) in [6.45, 7) is 8.27. The van der Waals surface area contributed by atoms with Crippen molar-refractivity contribution in [1.82, 2.24) is 0 Å². The summed E-state index contributed by atoms with van der Waals surface area (Å²) in [5.41, 5.74) is 5.12. The molecule has 29 heavy (non-hydrogen) atoms. The zero-order valence-corrected chi connectivity index (χ0v) is 18.8. The zero-order valence-electron chi connectivity index (χ0n) is 17.9. The molecule has 0 heterocycles. The summed E-state index contributed by atoms with van der Waals surface area (Å²) in [7, 11) is 2.49. The molecule has 3 rings (SSSR count). The Balaban J connectivity index is 2.31. The molecule has 3 aromatic carbocycles. The van der Waals surface area contributed by atoms with Crippen LogP contribution in [0, 0.1) is 27.7 Å². The molecular formula is C25H27O3P. The number of benzene rings is 3. The van der Waals surface area contributed by atoms with Crippen molar-refractivity contribution in [3.8, 4) is 11.5 Å². The molecule has 0 spiro atoms. The Morgan fingerprint density at radius 2 is 1.14 bits per heavy atom. The lowest BCUT2D eigenvalue weighted by molar-refractivity contribution is 0.112. The van der Waals surface area contributed by atoms with E-state index in [0.717, 1.165) is 50.9 Å². The van der Waals surface area contributed by atoms with Crippen molar-refractivity contribution in [3.63, 3.8) is 0 Å². The first-order valence-electron chi connectivity index (χ1n) is 9.56. The average Bonchev–Trinajstić information content (AvgIpc) is 2.68. The molecule has 0 radical (unpaired) electrons. The molecule has 0 amide bonds. The number of hydrogen-bond acceptors (Lipinski definition) is 3. The van der Waals surface area contributed by atoms with Crippen LogP contribution in [0.3, 0.4) is 0 Å². The number of carbonyl (C=O) groups excluding carboxylic acids is 1. The lowest BCUT2D eigenvalue weighted by Crippen LogP contribution is -2.24. The molecule has 0 saturated carbocycles. The van der Waals surface area contributed by atoms with Crippen LogP contribution < -0.4 is 25.4 Å². The molecule has 0 aliphatic carbocycles. The van der Waals surface area contributed by atoms with Gasteiger partial charge < -0.3 is 9.47 Å². The van der Waals surface area contributed by atoms with E-state index in [-0.39, 0.29) is 0 Å². The molecule has 0 aromatic heterocycles. The van der Waals surface area contributed by atoms with Gasteiger partial charge in [0.05, 0.1) is 14.2 Å². The maximum atomic E-state index is 11.8. The Kier molecular flexibility index (Phi) is 6.39. The Labute approximate surface area is 174 Å². The van der Waals surface area contributed by atoms with E-state index in [1.165, 1.54) is 10.6 Å². The van der Waals surface area contributed by atoms with Crippen molar-refractivity contribution >= 4 is 30.1 Å². The van der Waals surface area contributed by atoms with Crippen molar-refractivity contribution in [2.45, 2.75) is 27.7 Å². The number of aryl methyl sites for hydroxylation is 4. The highest BCUT2D eigenvalue weighted by atomic mass is 31.1. The van der Waals surface area contributed by atoms with Crippen LogP contribution in [0.2, 0.25) is 0 Å². The van der Waals surface area contributed by atoms with Crippen molar-refractivity contribution in [1.29, 1.82) is 0 Å². The molecule has 0 N–H and O–H groups in total. The van der Waals surface area contributed by atoms with E-state index in [1.807, 2.05) is 18.2 Å². The molecule has 0 unspecified atom stereocenters. The fourth-order valence-electron chi connectivity index (χ4n) is 3.98. The first kappa shape index (κ1) is 21.1. The van der Waals surface area contributed by atoms with E-state index in [0.29, 0.717) is 0 Å². The predicted octanol–water partition coefficient (Wildman–Crippen LogP) is 4.51. The third-order valence-electron chi connectivity index (χ3n) is 5.12. The van der Waals surface area contributed by atoms with Gasteiger partial charge in [0.15, 0.2) is 6.29 Å². The van der Waals surface area contributed by atoms with Gasteiger partial charge in [0.25, 0.3) is 0 Å². The molecule has 0 atom stereocenters. The second-order valence-corrected chi connectivity index (χ2v) is 9.42. The standard InChI is InChI=1S/C25H27O3P/c1-16-11-21(12-17(2)24(16)27-5)29(23-10-8-7-9-20(23)15-26)22-13-18(3)25(28-6)19(4)14-22/h7-15H,1-6H3. The van der Waals surface area contributed by atoms with Crippen LogP contribution in [0.15, 0.2) is 48.5 Å². The zero-order chi connectivity index (χ0) is 21.1. The van der Waals surface area contributed by atoms with E-state index in [9.17, 15) is 4.79 Å². The number of aldehydes is 1. The lowest BCUT2D eigenvalue weighted by atomic mass is 10.1. The van der Waals surface area contributed by atoms with Crippen LogP contribution in [0.25, 0.3) is 0 Å². The topological polar surface area (TPSA) is 35.5 Å². The minimum atomic E-state index is -0.915. The normalized spacial score (nSPS) is 10.9. The molecular weight excluding hydrogens is 379 g/mol. The molecule has 3 nitrogen and oxygen atoms in total. The monoisotopic (exact) mass is 406 g/mol. The molecule has 0 saturated heterocycles. The van der Waals surface area contributed by atoms with Gasteiger partial charge in [0.1, 0.15) is 11.5 Å². The van der Waals surface area contributed by atoms with Gasteiger partial charge in [0, 0.05) is 5.56 Å². The van der Waals surface area contributed by atoms with Gasteiger partial charge in [-0.05, 0) is 98.0 Å². The SMILES string of the molecule is COc1c(C)cc(P(c2cc(C)c(OC)c(C)c2)c2ccccc2C=O)cc1C. The Morgan fingerprint density at radius 3 is 1.52 bits per heavy atom. The molecule has 0 aliphatic heterocycles. The summed E-state index contributed by atoms with van der Waals surface area (Å²) in [5.74, 6) is 1.82. The first-order chi connectivity index (χ1) is 13.9. The van der Waals surface area contributed by atoms with Gasteiger partial charge >= 0.3 is 0 Å². The molecule has 150 valence electrons. The molecule has 0 bridgehead atoms. The fraction of sp³-hybridized carbons (Fsp3) is 0.240. The van der Waals surface area contributed by atoms with Crippen LogP contribution in [0.5, 0.6) is 11.5 Å². The van der Waals surface area contributed by atoms with E-state index in [1.54, 1.807) is 14.2 Å². The third-order valence-corrected chi connectivity index (χ3v) is 7.56. The van der Waals surface area contributed by atoms with E-state index >= 15 is 0 Å². The smallest absolute Gasteiger partial charge is 0.150 e. The van der Waals surface area contributed by atoms with Gasteiger partial charge in [-0.1, -0.05) is 24.3 Å². The molecule has 3 aromatic rings. The van der Waals surface area contributed by atoms with Gasteiger partial charge in [0.2, 0.25) is 0 Å². The number of hydrogen-bond donors (Lipinski definition) is 0. The fourth-order valence-corrected chi connectivity index (χ4v) is 6.74. The van der Waals surface area contributed by atoms with Crippen molar-refractivity contribution < 1.29 is 14.3 Å². The van der Waals surface area contributed by atoms with Crippen LogP contribution >= 0.6 is 7.92 Å². The highest BCUT2D eigenvalue weighted by Crippen LogP contribution is 2.38. The first-order valence-corrected chi connectivity index (χ1v) is 10.9. The van der Waals surface area contributed by atoms with Crippen LogP contribution in [0.1, 0.15) is 32.6 Å². The van der Waals surface area contributed by atoms with E-state index in [2.05, 4.69) is 58.0 Å². The maximum Gasteiger partial charge on any atom is 0.150 e. The van der Waals surface area contributed by atoms with Crippen LogP contribution in [-0.4, -0.2) is 20.5 Å². The summed E-state index contributed by atoms with van der Waals surface area (Å²) >= 11 is 0. The predicted molar refractivity (Wildman–Crippen MR) is 123 cm³/mol. The summed E-state index contributed by atoms with van der Waals surface area (Å²) in [4.78, 5) is 11.8. The second kappa shape index (κ2) is 8.80. The number of ether oxygens (including phenoxy) is 2. The minimum Gasteiger partial charge on any atom is -0.496 e. The Morgan fingerprint density at radius 1 is 0.724 bits per heavy atom. The minimum absolute atomic E-state index is 0.732. The molecule has 0 fully saturated rings. The van der Waals surface area contributed by atoms with E-state index in [4.69, 9.17) is 9.47 Å². The Bertz CT molecular complexity index is 950. The molecule has 4 heteroatoms. The van der Waals surface area contributed by atoms with Crippen molar-refractivity contribution in [3.05, 3.63) is 76.3 Å². The quantitative estimate of drug-likeness (QED) is 0.446. The number of rotatable bonds is 6. The largest absolute Gasteiger partial charge is 0.496 e. The highest BCUT2D eigenvalue weighted by molar-refractivity contribution is 7.80. The summed E-state index contributed by atoms with van der Waals surface area (Å²) in [5, 5.41) is 3.47. The van der Waals surface area contributed by atoms with Crippen molar-refractivity contribution in [2.24, 2.45) is 0 Å². The molecule has 0 aliphatic rings. The summed E-state index contributed by atoms with van der Waals surface area (Å²) in [6.07, 6.45) is 0.955. The number of methoxy groups -OCH3 is 2. The number of carbonyl (C=O) groups is 1. The second-order valence-electron chi connectivity index (χ2n) is 7.24. The highest BCUT2D eigenvalue weighted by Gasteiger charge is 2.22. The summed E-state index contributed by atoms with van der Waals surface area (Å²) < 4.78 is 11.1. The van der Waals surface area contributed by atoms with Crippen molar-refractivity contribution in [2.75, 3.05) is 14.2 Å². The third kappa shape index (κ3) is 4.06. The van der Waals surface area contributed by atoms with E-state index < -0.39 is 7.92 Å². The van der Waals surface area contributed by atoms with Crippen LogP contribution in [0.4, 0.5) is 0 Å². The lowest BCUT2D eigenvalue weighted by Gasteiger charge is -2.24. The van der Waals surface area contributed by atoms with Gasteiger partial charge in [-0.2, -0.15) is 0 Å². The Hall–Kier alpha value is -2.64. The van der Waals surface area contributed by atoms with Crippen LogP contribution in [-0.2, 0) is 0 Å². The summed E-state index contributed by atoms with van der Waals surface area (Å²) in [6, 6.07) is 16.6. The van der Waals surface area contributed by atoms with Gasteiger partial charge in [-0.15, -0.1) is 0 Å². The van der Waals surface area contributed by atoms with Gasteiger partial charge in [-0.3, -0.25) is 4.79 Å². The van der Waals surface area contributed by atoms with Gasteiger partial charge in [-0.25, -0.2) is 0 Å². The maximum absolute atomic E-state index is 11.8. The average molecular weight is 406 g/mol.